The van der Waals surface area contributed by atoms with Gasteiger partial charge in [0, 0.05) is 35.5 Å². The molecule has 0 aliphatic heterocycles. The molecule has 0 unspecified atom stereocenters. The third kappa shape index (κ3) is 7.10. The van der Waals surface area contributed by atoms with Crippen LogP contribution in [0.2, 0.25) is 0 Å². The molecule has 132 valence electrons. The molecule has 0 bridgehead atoms. The number of phenolic OH excluding ortho intramolecular Hbond substituents is 1. The van der Waals surface area contributed by atoms with Crippen molar-refractivity contribution >= 4 is 29.7 Å². The number of unbranched alkanes of at least 4 members (excludes halogenated alkanes) is 5. The van der Waals surface area contributed by atoms with Crippen LogP contribution in [0, 0.1) is 0 Å². The molecule has 0 spiro atoms. The Hall–Kier alpha value is -1.49. The van der Waals surface area contributed by atoms with Gasteiger partial charge in [-0.2, -0.15) is 0 Å². The monoisotopic (exact) mass is 446 g/mol. The van der Waals surface area contributed by atoms with Crippen LogP contribution in [0.25, 0.3) is 0 Å². The maximum Gasteiger partial charge on any atom is 0.196 e. The van der Waals surface area contributed by atoms with Crippen molar-refractivity contribution in [3.05, 3.63) is 59.7 Å². The SMILES string of the molecule is CCCCCCCCOc1ccc(C(=O)c2ccccc2)c(O)c1.[Sn]. The first-order chi connectivity index (χ1) is 11.7. The first-order valence-corrected chi connectivity index (χ1v) is 8.78. The molecule has 0 heterocycles. The molecule has 0 saturated heterocycles. The van der Waals surface area contributed by atoms with E-state index >= 15 is 0 Å². The summed E-state index contributed by atoms with van der Waals surface area (Å²) in [5.74, 6) is 0.380. The Kier molecular flexibility index (Phi) is 10.3. The molecule has 1 N–H and O–H groups in total. The molecule has 0 atom stereocenters. The predicted octanol–water partition coefficient (Wildman–Crippen LogP) is 4.98. The van der Waals surface area contributed by atoms with Gasteiger partial charge in [-0.1, -0.05) is 69.4 Å². The summed E-state index contributed by atoms with van der Waals surface area (Å²) >= 11 is 0. The summed E-state index contributed by atoms with van der Waals surface area (Å²) in [4.78, 5) is 12.4. The van der Waals surface area contributed by atoms with E-state index in [9.17, 15) is 9.90 Å². The Morgan fingerprint density at radius 3 is 2.32 bits per heavy atom. The van der Waals surface area contributed by atoms with Crippen molar-refractivity contribution in [3.8, 4) is 11.5 Å². The van der Waals surface area contributed by atoms with Crippen LogP contribution in [0.15, 0.2) is 48.5 Å². The van der Waals surface area contributed by atoms with Gasteiger partial charge in [0.05, 0.1) is 12.2 Å². The van der Waals surface area contributed by atoms with Gasteiger partial charge < -0.3 is 9.84 Å². The van der Waals surface area contributed by atoms with E-state index in [2.05, 4.69) is 6.92 Å². The second kappa shape index (κ2) is 12.0. The molecular weight excluding hydrogens is 419 g/mol. The number of benzene rings is 2. The molecule has 0 saturated carbocycles. The van der Waals surface area contributed by atoms with Crippen LogP contribution >= 0.6 is 0 Å². The summed E-state index contributed by atoms with van der Waals surface area (Å²) in [5.41, 5.74) is 0.863. The molecule has 2 rings (SSSR count). The molecule has 0 aromatic heterocycles. The van der Waals surface area contributed by atoms with E-state index in [0.29, 0.717) is 23.5 Å². The maximum absolute atomic E-state index is 12.4. The van der Waals surface area contributed by atoms with E-state index in [0.717, 1.165) is 12.8 Å². The van der Waals surface area contributed by atoms with Crippen LogP contribution in [-0.2, 0) is 0 Å². The fraction of sp³-hybridized carbons (Fsp3) is 0.381. The number of hydrogen-bond donors (Lipinski definition) is 1. The second-order valence-corrected chi connectivity index (χ2v) is 5.99. The molecule has 4 radical (unpaired) electrons. The zero-order valence-electron chi connectivity index (χ0n) is 14.8. The number of ketones is 1. The summed E-state index contributed by atoms with van der Waals surface area (Å²) in [7, 11) is 0. The number of carbonyl (C=O) groups excluding carboxylic acids is 1. The minimum Gasteiger partial charge on any atom is -0.507 e. The quantitative estimate of drug-likeness (QED) is 0.319. The zero-order valence-corrected chi connectivity index (χ0v) is 17.7. The van der Waals surface area contributed by atoms with E-state index in [1.54, 1.807) is 24.3 Å². The number of phenols is 1. The van der Waals surface area contributed by atoms with Crippen LogP contribution in [0.4, 0.5) is 0 Å². The van der Waals surface area contributed by atoms with E-state index in [1.165, 1.54) is 31.7 Å². The van der Waals surface area contributed by atoms with Gasteiger partial charge in [-0.25, -0.2) is 0 Å². The summed E-state index contributed by atoms with van der Waals surface area (Å²) in [6.07, 6.45) is 7.25. The first kappa shape index (κ1) is 21.6. The van der Waals surface area contributed by atoms with Gasteiger partial charge in [-0.05, 0) is 18.6 Å². The Morgan fingerprint density at radius 1 is 0.960 bits per heavy atom. The fourth-order valence-electron chi connectivity index (χ4n) is 2.61. The summed E-state index contributed by atoms with van der Waals surface area (Å²) in [6, 6.07) is 13.8. The van der Waals surface area contributed by atoms with Crippen molar-refractivity contribution in [2.75, 3.05) is 6.61 Å². The van der Waals surface area contributed by atoms with Gasteiger partial charge in [0.1, 0.15) is 11.5 Å². The van der Waals surface area contributed by atoms with E-state index in [1.807, 2.05) is 18.2 Å². The van der Waals surface area contributed by atoms with Crippen molar-refractivity contribution in [3.63, 3.8) is 0 Å². The van der Waals surface area contributed by atoms with Crippen molar-refractivity contribution in [2.45, 2.75) is 45.4 Å². The number of hydrogen-bond acceptors (Lipinski definition) is 3. The number of aromatic hydroxyl groups is 1. The third-order valence-electron chi connectivity index (χ3n) is 4.02. The standard InChI is InChI=1S/C21H26O3.Sn/c1-2-3-4-5-6-10-15-24-18-13-14-19(20(22)16-18)21(23)17-11-8-7-9-12-17;/h7-9,11-14,16,22H,2-6,10,15H2,1H3;. The maximum atomic E-state index is 12.4. The number of ether oxygens (including phenoxy) is 1. The van der Waals surface area contributed by atoms with E-state index in [4.69, 9.17) is 4.74 Å². The van der Waals surface area contributed by atoms with E-state index < -0.39 is 0 Å². The van der Waals surface area contributed by atoms with Gasteiger partial charge in [0.25, 0.3) is 0 Å². The van der Waals surface area contributed by atoms with E-state index in [-0.39, 0.29) is 35.4 Å². The largest absolute Gasteiger partial charge is 0.507 e. The summed E-state index contributed by atoms with van der Waals surface area (Å²) in [6.45, 7) is 2.85. The topological polar surface area (TPSA) is 46.5 Å². The Labute approximate surface area is 167 Å². The molecule has 0 fully saturated rings. The molecule has 4 heteroatoms. The van der Waals surface area contributed by atoms with Crippen LogP contribution in [0.3, 0.4) is 0 Å². The predicted molar refractivity (Wildman–Crippen MR) is 103 cm³/mol. The molecule has 2 aromatic rings. The Balaban J connectivity index is 0.00000312. The zero-order chi connectivity index (χ0) is 17.2. The third-order valence-corrected chi connectivity index (χ3v) is 4.02. The molecule has 25 heavy (non-hydrogen) atoms. The number of carbonyl (C=O) groups is 1. The molecular formula is C21H26O3Sn. The minimum absolute atomic E-state index is 0. The van der Waals surface area contributed by atoms with Crippen molar-refractivity contribution in [1.82, 2.24) is 0 Å². The number of rotatable bonds is 10. The normalized spacial score (nSPS) is 10.1. The molecule has 0 aliphatic rings. The van der Waals surface area contributed by atoms with Crippen LogP contribution < -0.4 is 4.74 Å². The second-order valence-electron chi connectivity index (χ2n) is 5.99. The summed E-state index contributed by atoms with van der Waals surface area (Å²) in [5, 5.41) is 10.1. The van der Waals surface area contributed by atoms with Gasteiger partial charge in [-0.15, -0.1) is 0 Å². The average Bonchev–Trinajstić information content (AvgIpc) is 2.61. The average molecular weight is 445 g/mol. The van der Waals surface area contributed by atoms with Crippen LogP contribution in [-0.4, -0.2) is 41.4 Å². The summed E-state index contributed by atoms with van der Waals surface area (Å²) < 4.78 is 5.66. The minimum atomic E-state index is -0.185. The molecule has 0 amide bonds. The van der Waals surface area contributed by atoms with Crippen LogP contribution in [0.5, 0.6) is 11.5 Å². The molecule has 0 aliphatic carbocycles. The van der Waals surface area contributed by atoms with Crippen molar-refractivity contribution < 1.29 is 14.6 Å². The van der Waals surface area contributed by atoms with Crippen molar-refractivity contribution in [2.24, 2.45) is 0 Å². The van der Waals surface area contributed by atoms with Gasteiger partial charge in [0.15, 0.2) is 5.78 Å². The molecule has 3 nitrogen and oxygen atoms in total. The van der Waals surface area contributed by atoms with Crippen molar-refractivity contribution in [1.29, 1.82) is 0 Å². The first-order valence-electron chi connectivity index (χ1n) is 8.78. The fourth-order valence-corrected chi connectivity index (χ4v) is 2.61. The van der Waals surface area contributed by atoms with Gasteiger partial charge in [0.2, 0.25) is 0 Å². The van der Waals surface area contributed by atoms with Gasteiger partial charge in [-0.3, -0.25) is 4.79 Å². The molecule has 2 aromatic carbocycles. The van der Waals surface area contributed by atoms with Gasteiger partial charge >= 0.3 is 0 Å². The van der Waals surface area contributed by atoms with Crippen LogP contribution in [0.1, 0.15) is 61.4 Å². The Morgan fingerprint density at radius 2 is 1.64 bits per heavy atom. The Bertz CT molecular complexity index is 641. The smallest absolute Gasteiger partial charge is 0.196 e.